The van der Waals surface area contributed by atoms with Gasteiger partial charge in [-0.15, -0.1) is 0 Å². The normalized spacial score (nSPS) is 16.4. The van der Waals surface area contributed by atoms with Gasteiger partial charge in [0.25, 0.3) is 5.91 Å². The van der Waals surface area contributed by atoms with Crippen molar-refractivity contribution in [3.05, 3.63) is 71.8 Å². The Morgan fingerprint density at radius 2 is 1.61 bits per heavy atom. The van der Waals surface area contributed by atoms with Gasteiger partial charge in [-0.05, 0) is 37.7 Å². The maximum Gasteiger partial charge on any atom is 0.328 e. The third-order valence-corrected chi connectivity index (χ3v) is 4.96. The van der Waals surface area contributed by atoms with Crippen LogP contribution >= 0.6 is 0 Å². The number of esters is 1. The van der Waals surface area contributed by atoms with Gasteiger partial charge in [-0.3, -0.25) is 9.59 Å². The molecule has 0 spiro atoms. The third-order valence-electron chi connectivity index (χ3n) is 4.96. The lowest BCUT2D eigenvalue weighted by Crippen LogP contribution is -2.51. The molecule has 2 aromatic rings. The standard InChI is InChI=1S/C23H25NO4/c25-21(19-13-5-2-6-14-19)22(26)24-16-8-7-15-20(24)23(27)28-17-9-12-18-10-3-1-4-11-18/h1-6,10-11,13-14,20H,7-9,12,15-17H2/t20-/m0/s1. The number of hydrogen-bond acceptors (Lipinski definition) is 4. The molecule has 1 heterocycles. The fourth-order valence-corrected chi connectivity index (χ4v) is 3.45. The Morgan fingerprint density at radius 3 is 2.32 bits per heavy atom. The average Bonchev–Trinajstić information content (AvgIpc) is 2.77. The van der Waals surface area contributed by atoms with Gasteiger partial charge in [0.15, 0.2) is 0 Å². The van der Waals surface area contributed by atoms with Crippen LogP contribution in [0.2, 0.25) is 0 Å². The fraction of sp³-hybridized carbons (Fsp3) is 0.348. The molecule has 1 aliphatic heterocycles. The topological polar surface area (TPSA) is 63.7 Å². The molecule has 0 aromatic heterocycles. The highest BCUT2D eigenvalue weighted by Crippen LogP contribution is 2.20. The fourth-order valence-electron chi connectivity index (χ4n) is 3.45. The Labute approximate surface area is 165 Å². The molecule has 2 aromatic carbocycles. The van der Waals surface area contributed by atoms with Crippen LogP contribution in [0, 0.1) is 0 Å². The number of aryl methyl sites for hydroxylation is 1. The number of rotatable bonds is 7. The molecule has 1 fully saturated rings. The maximum atomic E-state index is 12.7. The van der Waals surface area contributed by atoms with Gasteiger partial charge < -0.3 is 9.64 Å². The van der Waals surface area contributed by atoms with E-state index >= 15 is 0 Å². The molecule has 1 atom stereocenters. The van der Waals surface area contributed by atoms with Crippen molar-refractivity contribution >= 4 is 17.7 Å². The molecule has 1 saturated heterocycles. The number of nitrogens with zero attached hydrogens (tertiary/aromatic N) is 1. The van der Waals surface area contributed by atoms with E-state index in [1.54, 1.807) is 30.3 Å². The number of benzene rings is 2. The van der Waals surface area contributed by atoms with E-state index in [0.29, 0.717) is 25.1 Å². The average molecular weight is 379 g/mol. The van der Waals surface area contributed by atoms with Gasteiger partial charge in [0.2, 0.25) is 5.78 Å². The molecule has 1 amide bonds. The largest absolute Gasteiger partial charge is 0.464 e. The lowest BCUT2D eigenvalue weighted by Gasteiger charge is -2.33. The number of carbonyl (C=O) groups is 3. The van der Waals surface area contributed by atoms with Crippen molar-refractivity contribution in [2.45, 2.75) is 38.1 Å². The predicted molar refractivity (Wildman–Crippen MR) is 106 cm³/mol. The van der Waals surface area contributed by atoms with Crippen molar-refractivity contribution in [1.29, 1.82) is 0 Å². The van der Waals surface area contributed by atoms with Crippen LogP contribution in [-0.4, -0.2) is 41.8 Å². The summed E-state index contributed by atoms with van der Waals surface area (Å²) in [4.78, 5) is 39.1. The summed E-state index contributed by atoms with van der Waals surface area (Å²) in [6.45, 7) is 0.708. The number of hydrogen-bond donors (Lipinski definition) is 0. The smallest absolute Gasteiger partial charge is 0.328 e. The molecule has 5 nitrogen and oxygen atoms in total. The van der Waals surface area contributed by atoms with Crippen LogP contribution in [-0.2, 0) is 20.7 Å². The van der Waals surface area contributed by atoms with E-state index in [2.05, 4.69) is 0 Å². The van der Waals surface area contributed by atoms with Crippen molar-refractivity contribution in [2.75, 3.05) is 13.2 Å². The van der Waals surface area contributed by atoms with Crippen LogP contribution in [0.25, 0.3) is 0 Å². The molecular weight excluding hydrogens is 354 g/mol. The van der Waals surface area contributed by atoms with Gasteiger partial charge in [-0.1, -0.05) is 60.7 Å². The minimum Gasteiger partial charge on any atom is -0.464 e. The Balaban J connectivity index is 1.55. The number of carbonyl (C=O) groups excluding carboxylic acids is 3. The maximum absolute atomic E-state index is 12.7. The zero-order chi connectivity index (χ0) is 19.8. The molecule has 3 rings (SSSR count). The molecule has 0 bridgehead atoms. The SMILES string of the molecule is O=C(C(=O)N1CCCC[C@H]1C(=O)OCCCc1ccccc1)c1ccccc1. The molecule has 28 heavy (non-hydrogen) atoms. The second-order valence-electron chi connectivity index (χ2n) is 6.96. The summed E-state index contributed by atoms with van der Waals surface area (Å²) < 4.78 is 5.42. The second kappa shape index (κ2) is 9.83. The number of ketones is 1. The highest BCUT2D eigenvalue weighted by Gasteiger charge is 2.36. The Bertz CT molecular complexity index is 804. The highest BCUT2D eigenvalue weighted by atomic mass is 16.5. The second-order valence-corrected chi connectivity index (χ2v) is 6.96. The van der Waals surface area contributed by atoms with E-state index in [1.807, 2.05) is 30.3 Å². The molecule has 0 radical (unpaired) electrons. The zero-order valence-corrected chi connectivity index (χ0v) is 15.9. The van der Waals surface area contributed by atoms with E-state index in [-0.39, 0.29) is 0 Å². The number of Topliss-reactive ketones (excluding diaryl/α,β-unsaturated/α-hetero) is 1. The van der Waals surface area contributed by atoms with Crippen molar-refractivity contribution < 1.29 is 19.1 Å². The first-order valence-electron chi connectivity index (χ1n) is 9.78. The molecule has 0 unspecified atom stereocenters. The third kappa shape index (κ3) is 5.06. The van der Waals surface area contributed by atoms with Crippen LogP contribution in [0.4, 0.5) is 0 Å². The lowest BCUT2D eigenvalue weighted by molar-refractivity contribution is -0.155. The van der Waals surface area contributed by atoms with E-state index in [0.717, 1.165) is 25.7 Å². The molecule has 0 aliphatic carbocycles. The Morgan fingerprint density at radius 1 is 0.929 bits per heavy atom. The molecule has 1 aliphatic rings. The summed E-state index contributed by atoms with van der Waals surface area (Å²) in [7, 11) is 0. The minimum absolute atomic E-state index is 0.304. The van der Waals surface area contributed by atoms with Crippen LogP contribution in [0.15, 0.2) is 60.7 Å². The van der Waals surface area contributed by atoms with Crippen molar-refractivity contribution in [1.82, 2.24) is 4.90 Å². The quantitative estimate of drug-likeness (QED) is 0.320. The first-order chi connectivity index (χ1) is 13.7. The summed E-state index contributed by atoms with van der Waals surface area (Å²) >= 11 is 0. The zero-order valence-electron chi connectivity index (χ0n) is 15.9. The summed E-state index contributed by atoms with van der Waals surface area (Å²) in [5.74, 6) is -1.62. The van der Waals surface area contributed by atoms with E-state index < -0.39 is 23.7 Å². The Kier molecular flexibility index (Phi) is 6.95. The van der Waals surface area contributed by atoms with Gasteiger partial charge >= 0.3 is 5.97 Å². The predicted octanol–water partition coefficient (Wildman–Crippen LogP) is 3.43. The van der Waals surface area contributed by atoms with Crippen LogP contribution < -0.4 is 0 Å². The summed E-state index contributed by atoms with van der Waals surface area (Å²) in [6, 6.07) is 17.8. The summed E-state index contributed by atoms with van der Waals surface area (Å²) in [5.41, 5.74) is 1.54. The van der Waals surface area contributed by atoms with Gasteiger partial charge in [0, 0.05) is 12.1 Å². The van der Waals surface area contributed by atoms with Gasteiger partial charge in [0.05, 0.1) is 6.61 Å². The van der Waals surface area contributed by atoms with Crippen LogP contribution in [0.1, 0.15) is 41.6 Å². The van der Waals surface area contributed by atoms with E-state index in [9.17, 15) is 14.4 Å². The monoisotopic (exact) mass is 379 g/mol. The Hall–Kier alpha value is -2.95. The summed E-state index contributed by atoms with van der Waals surface area (Å²) in [6.07, 6.45) is 3.71. The molecule has 0 saturated carbocycles. The first-order valence-corrected chi connectivity index (χ1v) is 9.78. The van der Waals surface area contributed by atoms with Gasteiger partial charge in [0.1, 0.15) is 6.04 Å². The number of likely N-dealkylation sites (tertiary alicyclic amines) is 1. The van der Waals surface area contributed by atoms with Crippen LogP contribution in [0.3, 0.4) is 0 Å². The highest BCUT2D eigenvalue weighted by molar-refractivity contribution is 6.43. The van der Waals surface area contributed by atoms with Crippen molar-refractivity contribution in [2.24, 2.45) is 0 Å². The first kappa shape index (κ1) is 19.8. The molecule has 0 N–H and O–H groups in total. The van der Waals surface area contributed by atoms with E-state index in [4.69, 9.17) is 4.74 Å². The molecule has 146 valence electrons. The van der Waals surface area contributed by atoms with Crippen molar-refractivity contribution in [3.8, 4) is 0 Å². The summed E-state index contributed by atoms with van der Waals surface area (Å²) in [5, 5.41) is 0. The van der Waals surface area contributed by atoms with Gasteiger partial charge in [-0.25, -0.2) is 4.79 Å². The van der Waals surface area contributed by atoms with E-state index in [1.165, 1.54) is 10.5 Å². The molecular formula is C23H25NO4. The lowest BCUT2D eigenvalue weighted by atomic mass is 10.0. The number of ether oxygens (including phenoxy) is 1. The van der Waals surface area contributed by atoms with Crippen molar-refractivity contribution in [3.63, 3.8) is 0 Å². The number of amides is 1. The number of piperidine rings is 1. The minimum atomic E-state index is -0.675. The van der Waals surface area contributed by atoms with Crippen LogP contribution in [0.5, 0.6) is 0 Å². The van der Waals surface area contributed by atoms with Gasteiger partial charge in [-0.2, -0.15) is 0 Å². The molecule has 5 heteroatoms.